The van der Waals surface area contributed by atoms with Gasteiger partial charge >= 0.3 is 0 Å². The van der Waals surface area contributed by atoms with Crippen molar-refractivity contribution in [3.63, 3.8) is 0 Å². The minimum atomic E-state index is -3.35. The molecule has 0 aromatic carbocycles. The Bertz CT molecular complexity index is 506. The summed E-state index contributed by atoms with van der Waals surface area (Å²) in [6.07, 6.45) is 2.90. The van der Waals surface area contributed by atoms with E-state index in [1.54, 1.807) is 0 Å². The van der Waals surface area contributed by atoms with Crippen molar-refractivity contribution in [3.05, 3.63) is 0 Å². The third-order valence-electron chi connectivity index (χ3n) is 3.00. The van der Waals surface area contributed by atoms with Crippen molar-refractivity contribution in [3.8, 4) is 0 Å². The number of ether oxygens (including phenoxy) is 2. The summed E-state index contributed by atoms with van der Waals surface area (Å²) >= 11 is 0. The second kappa shape index (κ2) is 11.5. The Hall–Kier alpha value is -0.0431. The summed E-state index contributed by atoms with van der Waals surface area (Å²) in [4.78, 5) is 0. The Kier molecular flexibility index (Phi) is 11.5. The van der Waals surface area contributed by atoms with Gasteiger partial charge in [-0.15, -0.1) is 0 Å². The van der Waals surface area contributed by atoms with Crippen LogP contribution < -0.4 is 4.72 Å². The summed E-state index contributed by atoms with van der Waals surface area (Å²) in [5, 5.41) is 0. The zero-order valence-electron chi connectivity index (χ0n) is 14.4. The van der Waals surface area contributed by atoms with Crippen molar-refractivity contribution >= 4 is 29.6 Å². The molecule has 0 aliphatic carbocycles. The summed E-state index contributed by atoms with van der Waals surface area (Å²) < 4.78 is 60.1. The van der Waals surface area contributed by atoms with E-state index < -0.39 is 29.6 Å². The molecule has 0 amide bonds. The third-order valence-corrected chi connectivity index (χ3v) is 6.88. The lowest BCUT2D eigenvalue weighted by atomic mass is 10.4. The van der Waals surface area contributed by atoms with E-state index in [-0.39, 0.29) is 19.0 Å². The first-order valence-corrected chi connectivity index (χ1v) is 13.3. The van der Waals surface area contributed by atoms with Crippen LogP contribution >= 0.6 is 0 Å². The standard InChI is InChI=1S/C12H30N2O6S2Si/c1-5-19-12(20-6-2)23-11-7-9-14(22(4,17)18)10-8-13-21(3,15)16/h12-13H,5-11,23H2,1-4H3. The average molecular weight is 391 g/mol. The van der Waals surface area contributed by atoms with E-state index in [1.807, 2.05) is 13.8 Å². The van der Waals surface area contributed by atoms with Crippen molar-refractivity contribution in [2.45, 2.75) is 32.2 Å². The van der Waals surface area contributed by atoms with Gasteiger partial charge in [-0.2, -0.15) is 0 Å². The van der Waals surface area contributed by atoms with Gasteiger partial charge in [-0.3, -0.25) is 0 Å². The Balaban J connectivity index is 4.25. The molecule has 0 rings (SSSR count). The van der Waals surface area contributed by atoms with Crippen LogP contribution in [0.15, 0.2) is 0 Å². The molecule has 0 saturated heterocycles. The van der Waals surface area contributed by atoms with Gasteiger partial charge in [0.15, 0.2) is 0 Å². The third kappa shape index (κ3) is 13.0. The fourth-order valence-electron chi connectivity index (χ4n) is 1.98. The molecule has 0 spiro atoms. The molecule has 0 aromatic heterocycles. The van der Waals surface area contributed by atoms with Gasteiger partial charge in [0.25, 0.3) is 0 Å². The largest absolute Gasteiger partial charge is 0.357 e. The lowest BCUT2D eigenvalue weighted by molar-refractivity contribution is -0.0827. The molecule has 8 nitrogen and oxygen atoms in total. The molecule has 0 aliphatic rings. The van der Waals surface area contributed by atoms with Gasteiger partial charge in [0.1, 0.15) is 5.91 Å². The van der Waals surface area contributed by atoms with E-state index in [1.165, 1.54) is 4.31 Å². The molecule has 0 unspecified atom stereocenters. The van der Waals surface area contributed by atoms with Crippen LogP contribution in [-0.2, 0) is 29.5 Å². The number of nitrogens with zero attached hydrogens (tertiary/aromatic N) is 1. The highest BCUT2D eigenvalue weighted by atomic mass is 32.2. The predicted molar refractivity (Wildman–Crippen MR) is 94.3 cm³/mol. The molecule has 0 fully saturated rings. The van der Waals surface area contributed by atoms with Crippen molar-refractivity contribution in [1.29, 1.82) is 0 Å². The van der Waals surface area contributed by atoms with Crippen LogP contribution in [-0.4, -0.2) is 81.9 Å². The first-order chi connectivity index (χ1) is 10.6. The number of hydrogen-bond donors (Lipinski definition) is 1. The first-order valence-electron chi connectivity index (χ1n) is 7.73. The topological polar surface area (TPSA) is 102 Å². The van der Waals surface area contributed by atoms with E-state index in [2.05, 4.69) is 4.72 Å². The number of nitrogens with one attached hydrogen (secondary N) is 1. The number of hydrogen-bond acceptors (Lipinski definition) is 6. The van der Waals surface area contributed by atoms with E-state index in [0.29, 0.717) is 19.8 Å². The molecule has 23 heavy (non-hydrogen) atoms. The van der Waals surface area contributed by atoms with Crippen molar-refractivity contribution in [1.82, 2.24) is 9.03 Å². The van der Waals surface area contributed by atoms with Crippen LogP contribution in [0.1, 0.15) is 20.3 Å². The van der Waals surface area contributed by atoms with Crippen molar-refractivity contribution in [2.75, 3.05) is 45.4 Å². The van der Waals surface area contributed by atoms with Crippen LogP contribution in [0.25, 0.3) is 0 Å². The second-order valence-electron chi connectivity index (χ2n) is 5.16. The number of sulfonamides is 2. The molecule has 11 heteroatoms. The van der Waals surface area contributed by atoms with E-state index in [0.717, 1.165) is 25.0 Å². The molecular formula is C12H30N2O6S2Si. The molecule has 1 N–H and O–H groups in total. The van der Waals surface area contributed by atoms with Gasteiger partial charge in [0, 0.05) is 32.8 Å². The first kappa shape index (κ1) is 23.0. The SMILES string of the molecule is CCOC(OCC)[SiH2]CCCN(CCNS(C)(=O)=O)S(C)(=O)=O. The Labute approximate surface area is 142 Å². The zero-order valence-corrected chi connectivity index (χ0v) is 17.5. The van der Waals surface area contributed by atoms with E-state index >= 15 is 0 Å². The summed E-state index contributed by atoms with van der Waals surface area (Å²) in [5.41, 5.74) is 0. The Morgan fingerprint density at radius 1 is 1.04 bits per heavy atom. The van der Waals surface area contributed by atoms with Crippen LogP contribution in [0.2, 0.25) is 6.04 Å². The molecule has 0 aliphatic heterocycles. The Morgan fingerprint density at radius 3 is 2.04 bits per heavy atom. The van der Waals surface area contributed by atoms with E-state index in [9.17, 15) is 16.8 Å². The Morgan fingerprint density at radius 2 is 1.61 bits per heavy atom. The number of rotatable bonds is 14. The fourth-order valence-corrected chi connectivity index (χ4v) is 4.98. The van der Waals surface area contributed by atoms with Gasteiger partial charge < -0.3 is 9.47 Å². The highest BCUT2D eigenvalue weighted by Crippen LogP contribution is 2.04. The highest BCUT2D eigenvalue weighted by molar-refractivity contribution is 7.88. The maximum atomic E-state index is 11.7. The lowest BCUT2D eigenvalue weighted by Gasteiger charge is -2.21. The van der Waals surface area contributed by atoms with Gasteiger partial charge in [-0.05, 0) is 20.3 Å². The minimum absolute atomic E-state index is 0.0733. The smallest absolute Gasteiger partial charge is 0.211 e. The molecule has 0 radical (unpaired) electrons. The highest BCUT2D eigenvalue weighted by Gasteiger charge is 2.17. The van der Waals surface area contributed by atoms with E-state index in [4.69, 9.17) is 9.47 Å². The van der Waals surface area contributed by atoms with Crippen molar-refractivity contribution in [2.24, 2.45) is 0 Å². The molecule has 0 saturated carbocycles. The van der Waals surface area contributed by atoms with Crippen LogP contribution in [0.5, 0.6) is 0 Å². The van der Waals surface area contributed by atoms with Crippen LogP contribution in [0, 0.1) is 0 Å². The van der Waals surface area contributed by atoms with Gasteiger partial charge in [-0.25, -0.2) is 25.9 Å². The molecule has 0 aromatic rings. The van der Waals surface area contributed by atoms with Gasteiger partial charge in [0.05, 0.1) is 22.0 Å². The minimum Gasteiger partial charge on any atom is -0.357 e. The van der Waals surface area contributed by atoms with Gasteiger partial charge in [-0.1, -0.05) is 6.04 Å². The fraction of sp³-hybridized carbons (Fsp3) is 1.00. The zero-order chi connectivity index (χ0) is 17.9. The summed E-state index contributed by atoms with van der Waals surface area (Å²) in [6.45, 7) is 5.62. The van der Waals surface area contributed by atoms with Gasteiger partial charge in [0.2, 0.25) is 20.0 Å². The molecule has 0 heterocycles. The molecular weight excluding hydrogens is 360 g/mol. The predicted octanol–water partition coefficient (Wildman–Crippen LogP) is -0.869. The summed E-state index contributed by atoms with van der Waals surface area (Å²) in [5.74, 6) is -0.122. The van der Waals surface area contributed by atoms with Crippen molar-refractivity contribution < 1.29 is 26.3 Å². The summed E-state index contributed by atoms with van der Waals surface area (Å²) in [6, 6.07) is 0.899. The lowest BCUT2D eigenvalue weighted by Crippen LogP contribution is -2.38. The maximum absolute atomic E-state index is 11.7. The van der Waals surface area contributed by atoms with Crippen LogP contribution in [0.3, 0.4) is 0 Å². The second-order valence-corrected chi connectivity index (χ2v) is 10.9. The monoisotopic (exact) mass is 390 g/mol. The van der Waals surface area contributed by atoms with Crippen LogP contribution in [0.4, 0.5) is 0 Å². The normalized spacial score (nSPS) is 13.7. The average Bonchev–Trinajstić information content (AvgIpc) is 2.39. The molecule has 140 valence electrons. The maximum Gasteiger partial charge on any atom is 0.211 e. The summed E-state index contributed by atoms with van der Waals surface area (Å²) in [7, 11) is -7.27. The quantitative estimate of drug-likeness (QED) is 0.235. The molecule has 0 bridgehead atoms. The molecule has 0 atom stereocenters.